The minimum Gasteiger partial charge on any atom is -0.504 e. The average molecular weight is 525 g/mol. The minimum absolute atomic E-state index is 0.0379. The highest BCUT2D eigenvalue weighted by Crippen LogP contribution is 2.36. The van der Waals surface area contributed by atoms with E-state index in [9.17, 15) is 14.7 Å². The number of hydrogen-bond donors (Lipinski definition) is 1. The lowest BCUT2D eigenvalue weighted by atomic mass is 9.95. The highest BCUT2D eigenvalue weighted by molar-refractivity contribution is 7.07. The maximum atomic E-state index is 13.7. The summed E-state index contributed by atoms with van der Waals surface area (Å²) in [5.74, 6) is 0.783. The number of nitrogens with zero attached hydrogens (tertiary/aromatic N) is 2. The van der Waals surface area contributed by atoms with Gasteiger partial charge in [0, 0.05) is 0 Å². The van der Waals surface area contributed by atoms with E-state index in [1.807, 2.05) is 6.92 Å². The Labute approximate surface area is 217 Å². The van der Waals surface area contributed by atoms with Crippen molar-refractivity contribution < 1.29 is 28.8 Å². The third-order valence-corrected chi connectivity index (χ3v) is 6.80. The number of fused-ring (bicyclic) bond motifs is 1. The molecule has 0 fully saturated rings. The molecule has 0 amide bonds. The van der Waals surface area contributed by atoms with Gasteiger partial charge in [0.15, 0.2) is 27.8 Å². The predicted octanol–water partition coefficient (Wildman–Crippen LogP) is 2.92. The van der Waals surface area contributed by atoms with Crippen LogP contribution >= 0.6 is 11.3 Å². The molecule has 1 aliphatic rings. The lowest BCUT2D eigenvalue weighted by molar-refractivity contribution is -0.139. The molecule has 1 aliphatic heterocycles. The zero-order chi connectivity index (χ0) is 26.7. The summed E-state index contributed by atoms with van der Waals surface area (Å²) < 4.78 is 23.5. The summed E-state index contributed by atoms with van der Waals surface area (Å²) in [6.07, 6.45) is 1.67. The molecule has 0 aliphatic carbocycles. The second-order valence-electron chi connectivity index (χ2n) is 8.08. The molecule has 10 heteroatoms. The number of hydrogen-bond acceptors (Lipinski definition) is 9. The van der Waals surface area contributed by atoms with Crippen molar-refractivity contribution in [3.8, 4) is 23.0 Å². The number of methoxy groups -OCH3 is 2. The van der Waals surface area contributed by atoms with Gasteiger partial charge in [0.1, 0.15) is 0 Å². The van der Waals surface area contributed by atoms with Crippen LogP contribution in [0.1, 0.15) is 37.9 Å². The molecule has 0 spiro atoms. The lowest BCUT2D eigenvalue weighted by Crippen LogP contribution is -2.40. The van der Waals surface area contributed by atoms with Crippen molar-refractivity contribution in [2.45, 2.75) is 26.8 Å². The Hall–Kier alpha value is -4.05. The molecule has 0 saturated carbocycles. The largest absolute Gasteiger partial charge is 0.504 e. The minimum atomic E-state index is -0.785. The van der Waals surface area contributed by atoms with Gasteiger partial charge < -0.3 is 24.1 Å². The van der Waals surface area contributed by atoms with Crippen LogP contribution in [0.3, 0.4) is 0 Å². The maximum Gasteiger partial charge on any atom is 0.338 e. The van der Waals surface area contributed by atoms with Crippen LogP contribution in [0.2, 0.25) is 0 Å². The second-order valence-corrected chi connectivity index (χ2v) is 9.09. The SMILES string of the molecule is CCOC(=O)C1=C(C)N=c2s/c(=C\c3ccc(OC)c(O)c3)c(=O)n2[C@H]1c1ccc(OC)c(OCC)c1. The third-order valence-electron chi connectivity index (χ3n) is 5.82. The third kappa shape index (κ3) is 4.97. The summed E-state index contributed by atoms with van der Waals surface area (Å²) in [6.45, 7) is 5.91. The normalized spacial score (nSPS) is 15.2. The van der Waals surface area contributed by atoms with Gasteiger partial charge in [-0.1, -0.05) is 23.5 Å². The van der Waals surface area contributed by atoms with Crippen LogP contribution in [0.5, 0.6) is 23.0 Å². The number of thiazole rings is 1. The van der Waals surface area contributed by atoms with Gasteiger partial charge in [0.25, 0.3) is 5.56 Å². The second kappa shape index (κ2) is 10.9. The molecule has 9 nitrogen and oxygen atoms in total. The van der Waals surface area contributed by atoms with Crippen LogP contribution in [0.25, 0.3) is 6.08 Å². The van der Waals surface area contributed by atoms with Gasteiger partial charge in [-0.3, -0.25) is 9.36 Å². The molecule has 1 atom stereocenters. The Morgan fingerprint density at radius 2 is 1.81 bits per heavy atom. The molecule has 1 aromatic heterocycles. The molecule has 1 N–H and O–H groups in total. The molecule has 4 rings (SSSR count). The zero-order valence-corrected chi connectivity index (χ0v) is 22.0. The van der Waals surface area contributed by atoms with Gasteiger partial charge in [-0.15, -0.1) is 0 Å². The number of allylic oxidation sites excluding steroid dienone is 1. The topological polar surface area (TPSA) is 109 Å². The van der Waals surface area contributed by atoms with E-state index in [0.29, 0.717) is 50.0 Å². The summed E-state index contributed by atoms with van der Waals surface area (Å²) in [4.78, 5) is 31.9. The standard InChI is InChI=1S/C27H28N2O7S/c1-6-35-21-14-17(9-11-20(21)34-5)24-23(26(32)36-7-2)15(3)28-27-29(24)25(31)22(37-27)13-16-8-10-19(33-4)18(30)12-16/h8-14,24,30H,6-7H2,1-5H3/b22-13-/t24-/m0/s1. The molecule has 37 heavy (non-hydrogen) atoms. The van der Waals surface area contributed by atoms with Crippen molar-refractivity contribution in [2.75, 3.05) is 27.4 Å². The Morgan fingerprint density at radius 3 is 2.46 bits per heavy atom. The first-order valence-electron chi connectivity index (χ1n) is 11.7. The summed E-state index contributed by atoms with van der Waals surface area (Å²) in [7, 11) is 3.01. The highest BCUT2D eigenvalue weighted by Gasteiger charge is 2.34. The van der Waals surface area contributed by atoms with Crippen LogP contribution < -0.4 is 29.1 Å². The Morgan fingerprint density at radius 1 is 1.08 bits per heavy atom. The van der Waals surface area contributed by atoms with Crippen molar-refractivity contribution in [2.24, 2.45) is 4.99 Å². The first kappa shape index (κ1) is 26.0. The van der Waals surface area contributed by atoms with E-state index in [0.717, 1.165) is 0 Å². The van der Waals surface area contributed by atoms with Crippen LogP contribution in [0.15, 0.2) is 57.5 Å². The summed E-state index contributed by atoms with van der Waals surface area (Å²) in [6, 6.07) is 9.40. The number of aromatic nitrogens is 1. The van der Waals surface area contributed by atoms with Crippen molar-refractivity contribution in [3.63, 3.8) is 0 Å². The van der Waals surface area contributed by atoms with Crippen molar-refractivity contribution in [1.82, 2.24) is 4.57 Å². The molecule has 0 bridgehead atoms. The predicted molar refractivity (Wildman–Crippen MR) is 139 cm³/mol. The van der Waals surface area contributed by atoms with Crippen molar-refractivity contribution in [3.05, 3.63) is 78.5 Å². The fraction of sp³-hybridized carbons (Fsp3) is 0.296. The Bertz CT molecular complexity index is 1550. The number of esters is 1. The van der Waals surface area contributed by atoms with Gasteiger partial charge in [-0.05, 0) is 62.2 Å². The highest BCUT2D eigenvalue weighted by atomic mass is 32.1. The summed E-state index contributed by atoms with van der Waals surface area (Å²) >= 11 is 1.20. The van der Waals surface area contributed by atoms with Crippen LogP contribution in [-0.4, -0.2) is 43.1 Å². The van der Waals surface area contributed by atoms with Crippen molar-refractivity contribution >= 4 is 23.4 Å². The Kier molecular flexibility index (Phi) is 7.68. The molecule has 0 unspecified atom stereocenters. The summed E-state index contributed by atoms with van der Waals surface area (Å²) in [5, 5.41) is 10.2. The van der Waals surface area contributed by atoms with E-state index in [2.05, 4.69) is 4.99 Å². The molecular weight excluding hydrogens is 496 g/mol. The van der Waals surface area contributed by atoms with Gasteiger partial charge in [0.05, 0.1) is 49.3 Å². The monoisotopic (exact) mass is 524 g/mol. The van der Waals surface area contributed by atoms with E-state index in [1.165, 1.54) is 29.1 Å². The number of aromatic hydroxyl groups is 1. The lowest BCUT2D eigenvalue weighted by Gasteiger charge is -2.25. The van der Waals surface area contributed by atoms with E-state index in [-0.39, 0.29) is 23.5 Å². The number of phenolic OH excluding ortho intramolecular Hbond substituents is 1. The molecule has 0 saturated heterocycles. The van der Waals surface area contributed by atoms with E-state index in [1.54, 1.807) is 57.4 Å². The van der Waals surface area contributed by atoms with E-state index in [4.69, 9.17) is 18.9 Å². The van der Waals surface area contributed by atoms with E-state index >= 15 is 0 Å². The van der Waals surface area contributed by atoms with Gasteiger partial charge in [-0.25, -0.2) is 9.79 Å². The maximum absolute atomic E-state index is 13.7. The summed E-state index contributed by atoms with van der Waals surface area (Å²) in [5.41, 5.74) is 1.68. The fourth-order valence-corrected chi connectivity index (χ4v) is 5.23. The van der Waals surface area contributed by atoms with Crippen LogP contribution in [-0.2, 0) is 9.53 Å². The van der Waals surface area contributed by atoms with Gasteiger partial charge in [-0.2, -0.15) is 0 Å². The van der Waals surface area contributed by atoms with Crippen LogP contribution in [0.4, 0.5) is 0 Å². The average Bonchev–Trinajstić information content (AvgIpc) is 3.17. The smallest absolute Gasteiger partial charge is 0.338 e. The first-order valence-corrected chi connectivity index (χ1v) is 12.5. The zero-order valence-electron chi connectivity index (χ0n) is 21.2. The fourth-order valence-electron chi connectivity index (χ4n) is 4.19. The molecule has 0 radical (unpaired) electrons. The van der Waals surface area contributed by atoms with Crippen molar-refractivity contribution in [1.29, 1.82) is 0 Å². The van der Waals surface area contributed by atoms with Gasteiger partial charge >= 0.3 is 5.97 Å². The molecular formula is C27H28N2O7S. The molecule has 194 valence electrons. The Balaban J connectivity index is 1.94. The number of carbonyl (C=O) groups excluding carboxylic acids is 1. The number of ether oxygens (including phenoxy) is 4. The molecule has 3 aromatic rings. The number of carbonyl (C=O) groups is 1. The number of rotatable bonds is 8. The van der Waals surface area contributed by atoms with E-state index < -0.39 is 12.0 Å². The molecule has 2 aromatic carbocycles. The van der Waals surface area contributed by atoms with Gasteiger partial charge in [0.2, 0.25) is 0 Å². The number of benzene rings is 2. The first-order chi connectivity index (χ1) is 17.8. The number of phenols is 1. The molecule has 2 heterocycles. The van der Waals surface area contributed by atoms with Crippen LogP contribution in [0, 0.1) is 0 Å². The quantitative estimate of drug-likeness (QED) is 0.452.